The van der Waals surface area contributed by atoms with E-state index >= 15 is 0 Å². The summed E-state index contributed by atoms with van der Waals surface area (Å²) in [7, 11) is 1.79. The fourth-order valence-electron chi connectivity index (χ4n) is 3.35. The van der Waals surface area contributed by atoms with Crippen LogP contribution in [0.25, 0.3) is 0 Å². The summed E-state index contributed by atoms with van der Waals surface area (Å²) in [5.74, 6) is 3.85. The second-order valence-corrected chi connectivity index (χ2v) is 5.25. The summed E-state index contributed by atoms with van der Waals surface area (Å²) in [5, 5.41) is 0. The van der Waals surface area contributed by atoms with Crippen molar-refractivity contribution in [2.45, 2.75) is 20.3 Å². The molecule has 0 radical (unpaired) electrons. The fraction of sp³-hybridized carbons (Fsp3) is 1.00. The zero-order chi connectivity index (χ0) is 10.1. The van der Waals surface area contributed by atoms with Gasteiger partial charge in [0.25, 0.3) is 0 Å². The van der Waals surface area contributed by atoms with E-state index in [0.29, 0.717) is 0 Å². The van der Waals surface area contributed by atoms with Crippen LogP contribution in [-0.2, 0) is 4.74 Å². The summed E-state index contributed by atoms with van der Waals surface area (Å²) < 4.78 is 5.13. The number of methoxy groups -OCH3 is 1. The average molecular weight is 197 g/mol. The first-order chi connectivity index (χ1) is 6.72. The van der Waals surface area contributed by atoms with E-state index in [-0.39, 0.29) is 0 Å². The predicted molar refractivity (Wildman–Crippen MR) is 58.2 cm³/mol. The van der Waals surface area contributed by atoms with Crippen molar-refractivity contribution in [3.8, 4) is 0 Å². The SMILES string of the molecule is COCCN1CC2CC(C)C(C)C2C1. The van der Waals surface area contributed by atoms with Crippen LogP contribution < -0.4 is 0 Å². The van der Waals surface area contributed by atoms with Crippen LogP contribution in [0, 0.1) is 23.7 Å². The van der Waals surface area contributed by atoms with Gasteiger partial charge in [-0.25, -0.2) is 0 Å². The molecule has 2 rings (SSSR count). The third-order valence-electron chi connectivity index (χ3n) is 4.43. The number of nitrogens with zero attached hydrogens (tertiary/aromatic N) is 1. The van der Waals surface area contributed by atoms with E-state index in [9.17, 15) is 0 Å². The van der Waals surface area contributed by atoms with Crippen molar-refractivity contribution in [3.05, 3.63) is 0 Å². The quantitative estimate of drug-likeness (QED) is 0.684. The molecule has 0 amide bonds. The van der Waals surface area contributed by atoms with E-state index in [1.807, 2.05) is 0 Å². The van der Waals surface area contributed by atoms with Crippen molar-refractivity contribution in [1.29, 1.82) is 0 Å². The molecule has 2 aliphatic rings. The summed E-state index contributed by atoms with van der Waals surface area (Å²) in [6.45, 7) is 9.52. The lowest BCUT2D eigenvalue weighted by atomic mass is 9.91. The topological polar surface area (TPSA) is 12.5 Å². The van der Waals surface area contributed by atoms with E-state index in [1.54, 1.807) is 7.11 Å². The minimum atomic E-state index is 0.892. The Hall–Kier alpha value is -0.0800. The molecule has 0 spiro atoms. The molecule has 2 heteroatoms. The van der Waals surface area contributed by atoms with Crippen LogP contribution >= 0.6 is 0 Å². The third-order valence-corrected chi connectivity index (χ3v) is 4.43. The molecule has 82 valence electrons. The lowest BCUT2D eigenvalue weighted by Gasteiger charge is -2.20. The van der Waals surface area contributed by atoms with Gasteiger partial charge in [-0.05, 0) is 30.1 Å². The van der Waals surface area contributed by atoms with E-state index in [2.05, 4.69) is 18.7 Å². The first-order valence-corrected chi connectivity index (χ1v) is 5.93. The van der Waals surface area contributed by atoms with Gasteiger partial charge in [0.1, 0.15) is 0 Å². The smallest absolute Gasteiger partial charge is 0.0589 e. The molecule has 1 aliphatic heterocycles. The monoisotopic (exact) mass is 197 g/mol. The molecule has 0 aromatic heterocycles. The van der Waals surface area contributed by atoms with Crippen LogP contribution in [0.15, 0.2) is 0 Å². The number of likely N-dealkylation sites (tertiary alicyclic amines) is 1. The second-order valence-electron chi connectivity index (χ2n) is 5.25. The Kier molecular flexibility index (Phi) is 3.13. The highest BCUT2D eigenvalue weighted by Crippen LogP contribution is 2.45. The van der Waals surface area contributed by atoms with E-state index in [4.69, 9.17) is 4.74 Å². The molecule has 2 nitrogen and oxygen atoms in total. The first kappa shape index (κ1) is 10.4. The maximum absolute atomic E-state index is 5.13. The fourth-order valence-corrected chi connectivity index (χ4v) is 3.35. The van der Waals surface area contributed by atoms with Crippen LogP contribution in [-0.4, -0.2) is 38.3 Å². The predicted octanol–water partition coefficient (Wildman–Crippen LogP) is 1.86. The molecule has 0 bridgehead atoms. The third kappa shape index (κ3) is 1.82. The minimum absolute atomic E-state index is 0.892. The maximum atomic E-state index is 5.13. The summed E-state index contributed by atoms with van der Waals surface area (Å²) in [5.41, 5.74) is 0. The van der Waals surface area contributed by atoms with Gasteiger partial charge in [0.05, 0.1) is 6.61 Å². The van der Waals surface area contributed by atoms with Gasteiger partial charge >= 0.3 is 0 Å². The zero-order valence-electron chi connectivity index (χ0n) is 9.70. The van der Waals surface area contributed by atoms with Gasteiger partial charge in [0.15, 0.2) is 0 Å². The van der Waals surface area contributed by atoms with Crippen LogP contribution in [0.4, 0.5) is 0 Å². The zero-order valence-corrected chi connectivity index (χ0v) is 9.70. The van der Waals surface area contributed by atoms with E-state index in [0.717, 1.165) is 36.8 Å². The highest BCUT2D eigenvalue weighted by molar-refractivity contribution is 4.94. The number of rotatable bonds is 3. The Morgan fingerprint density at radius 1 is 1.29 bits per heavy atom. The molecule has 4 unspecified atom stereocenters. The highest BCUT2D eigenvalue weighted by atomic mass is 16.5. The molecule has 2 fully saturated rings. The Labute approximate surface area is 87.6 Å². The Balaban J connectivity index is 1.84. The molecule has 0 aromatic rings. The number of ether oxygens (including phenoxy) is 1. The van der Waals surface area contributed by atoms with Crippen LogP contribution in [0.1, 0.15) is 20.3 Å². The van der Waals surface area contributed by atoms with Crippen molar-refractivity contribution >= 4 is 0 Å². The summed E-state index contributed by atoms with van der Waals surface area (Å²) in [6, 6.07) is 0. The molecule has 0 aromatic carbocycles. The normalized spacial score (nSPS) is 43.1. The lowest BCUT2D eigenvalue weighted by molar-refractivity contribution is 0.153. The second kappa shape index (κ2) is 4.19. The molecule has 1 saturated heterocycles. The lowest BCUT2D eigenvalue weighted by Crippen LogP contribution is -2.27. The van der Waals surface area contributed by atoms with Crippen LogP contribution in [0.3, 0.4) is 0 Å². The maximum Gasteiger partial charge on any atom is 0.0589 e. The van der Waals surface area contributed by atoms with Crippen LogP contribution in [0.5, 0.6) is 0 Å². The van der Waals surface area contributed by atoms with Crippen molar-refractivity contribution in [2.75, 3.05) is 33.4 Å². The van der Waals surface area contributed by atoms with Gasteiger partial charge < -0.3 is 9.64 Å². The Morgan fingerprint density at radius 3 is 2.71 bits per heavy atom. The summed E-state index contributed by atoms with van der Waals surface area (Å²) in [4.78, 5) is 2.58. The molecular weight excluding hydrogens is 174 g/mol. The highest BCUT2D eigenvalue weighted by Gasteiger charge is 2.43. The van der Waals surface area contributed by atoms with Gasteiger partial charge in [-0.2, -0.15) is 0 Å². The molecule has 14 heavy (non-hydrogen) atoms. The number of fused-ring (bicyclic) bond motifs is 1. The largest absolute Gasteiger partial charge is 0.383 e. The Morgan fingerprint density at radius 2 is 2.07 bits per heavy atom. The molecule has 1 heterocycles. The van der Waals surface area contributed by atoms with Crippen molar-refractivity contribution in [1.82, 2.24) is 4.90 Å². The van der Waals surface area contributed by atoms with Crippen molar-refractivity contribution in [3.63, 3.8) is 0 Å². The van der Waals surface area contributed by atoms with E-state index in [1.165, 1.54) is 19.5 Å². The molecule has 1 aliphatic carbocycles. The van der Waals surface area contributed by atoms with Gasteiger partial charge in [-0.3, -0.25) is 0 Å². The Bertz CT molecular complexity index is 195. The standard InChI is InChI=1S/C12H23NO/c1-9-6-11-7-13(4-5-14-3)8-12(11)10(9)2/h9-12H,4-8H2,1-3H3. The average Bonchev–Trinajstić information content (AvgIpc) is 2.66. The minimum Gasteiger partial charge on any atom is -0.383 e. The van der Waals surface area contributed by atoms with Crippen molar-refractivity contribution in [2.24, 2.45) is 23.7 Å². The van der Waals surface area contributed by atoms with E-state index < -0.39 is 0 Å². The molecule has 0 N–H and O–H groups in total. The van der Waals surface area contributed by atoms with Gasteiger partial charge in [0, 0.05) is 26.7 Å². The van der Waals surface area contributed by atoms with Gasteiger partial charge in [0.2, 0.25) is 0 Å². The molecule has 1 saturated carbocycles. The van der Waals surface area contributed by atoms with Crippen molar-refractivity contribution < 1.29 is 4.74 Å². The first-order valence-electron chi connectivity index (χ1n) is 5.93. The molecular formula is C12H23NO. The number of hydrogen-bond donors (Lipinski definition) is 0. The van der Waals surface area contributed by atoms with Gasteiger partial charge in [-0.15, -0.1) is 0 Å². The molecule has 4 atom stereocenters. The number of hydrogen-bond acceptors (Lipinski definition) is 2. The summed E-state index contributed by atoms with van der Waals surface area (Å²) in [6.07, 6.45) is 1.45. The van der Waals surface area contributed by atoms with Crippen LogP contribution in [0.2, 0.25) is 0 Å². The van der Waals surface area contributed by atoms with Gasteiger partial charge in [-0.1, -0.05) is 13.8 Å². The summed E-state index contributed by atoms with van der Waals surface area (Å²) >= 11 is 0.